The summed E-state index contributed by atoms with van der Waals surface area (Å²) < 4.78 is 43.5. The van der Waals surface area contributed by atoms with Crippen LogP contribution in [0.5, 0.6) is 11.5 Å². The minimum absolute atomic E-state index is 0. The van der Waals surface area contributed by atoms with Crippen LogP contribution in [-0.4, -0.2) is 118 Å². The van der Waals surface area contributed by atoms with Crippen LogP contribution < -0.4 is 31.2 Å². The van der Waals surface area contributed by atoms with E-state index in [1.54, 1.807) is 21.5 Å². The van der Waals surface area contributed by atoms with Crippen LogP contribution in [0.25, 0.3) is 11.4 Å². The van der Waals surface area contributed by atoms with Crippen molar-refractivity contribution in [1.29, 1.82) is 0 Å². The number of piperidine rings is 2. The smallest absolute Gasteiger partial charge is 0.229 e. The maximum Gasteiger partial charge on any atom is 0.229 e. The molecule has 0 bridgehead atoms. The normalized spacial score (nSPS) is 23.4. The Morgan fingerprint density at radius 2 is 1.17 bits per heavy atom. The highest BCUT2D eigenvalue weighted by Crippen LogP contribution is 2.42. The standard InChI is InChI=1S/C24H30FN9O.C14H20ClFN4.C10H11N5O.CH4/c1-23(2)9-7-16-11-15(8-10-33(16)23)27-20-17(25)13-26-22(29-20)28-14-5-6-19-18(12-14)34-21(30-31-32-34)24(3,4)35-19;1-14(2)5-3-10-7-9(4-6-20(10)14)18-12-11(16)8-17-13(15)19-12;1-10(2)9-12-13-14-15(9)7-5-6(11)3-4-8(7)16-10;/h5-6,12-13,15-16H,7-11H2,1-4H3,(H2,26,27,28,29);8-10H,3-7H2,1-2H3,(H,17,18,19);3-5H,11H2,1-2H3;1H4. The Bertz CT molecular complexity index is 2930. The predicted molar refractivity (Wildman–Crippen MR) is 270 cm³/mol. The topological polar surface area (TPSA) is 226 Å². The van der Waals surface area contributed by atoms with Gasteiger partial charge in [-0.3, -0.25) is 9.80 Å². The second-order valence-corrected chi connectivity index (χ2v) is 21.8. The van der Waals surface area contributed by atoms with E-state index in [1.165, 1.54) is 31.9 Å². The molecule has 23 heteroatoms. The number of ether oxygens (including phenoxy) is 2. The van der Waals surface area contributed by atoms with Crippen molar-refractivity contribution in [3.63, 3.8) is 0 Å². The minimum Gasteiger partial charge on any atom is -0.478 e. The number of aromatic nitrogens is 12. The number of hydrogen-bond acceptors (Lipinski definition) is 18. The molecular weight excluding hydrogens is 946 g/mol. The fraction of sp³-hybridized carbons (Fsp3) is 0.551. The number of nitrogens with one attached hydrogen (secondary N) is 3. The van der Waals surface area contributed by atoms with Crippen LogP contribution in [0.1, 0.15) is 126 Å². The average Bonchev–Trinajstić information content (AvgIpc) is 4.14. The first-order chi connectivity index (χ1) is 33.7. The van der Waals surface area contributed by atoms with Gasteiger partial charge < -0.3 is 31.2 Å². The van der Waals surface area contributed by atoms with Gasteiger partial charge in [0.05, 0.1) is 12.4 Å². The first-order valence-corrected chi connectivity index (χ1v) is 24.6. The van der Waals surface area contributed by atoms with E-state index in [-0.39, 0.29) is 42.0 Å². The van der Waals surface area contributed by atoms with E-state index in [1.807, 2.05) is 52.0 Å². The molecule has 20 nitrogen and oxygen atoms in total. The van der Waals surface area contributed by atoms with Gasteiger partial charge in [-0.05, 0) is 176 Å². The zero-order chi connectivity index (χ0) is 50.0. The van der Waals surface area contributed by atoms with E-state index in [0.29, 0.717) is 58.0 Å². The molecule has 384 valence electrons. The number of hydrogen-bond donors (Lipinski definition) is 4. The number of benzene rings is 2. The van der Waals surface area contributed by atoms with Crippen LogP contribution in [0.15, 0.2) is 48.8 Å². The molecule has 10 heterocycles. The summed E-state index contributed by atoms with van der Waals surface area (Å²) in [6.07, 6.45) is 11.1. The molecule has 6 aromatic rings. The van der Waals surface area contributed by atoms with E-state index >= 15 is 0 Å². The Morgan fingerprint density at radius 3 is 1.72 bits per heavy atom. The summed E-state index contributed by atoms with van der Waals surface area (Å²) in [4.78, 5) is 21.4. The molecule has 5 N–H and O–H groups in total. The van der Waals surface area contributed by atoms with E-state index < -0.39 is 22.8 Å². The second-order valence-electron chi connectivity index (χ2n) is 21.4. The van der Waals surface area contributed by atoms with Crippen molar-refractivity contribution in [2.45, 2.75) is 161 Å². The summed E-state index contributed by atoms with van der Waals surface area (Å²) in [5.41, 5.74) is 7.98. The Hall–Kier alpha value is -6.39. The number of anilines is 5. The molecule has 4 atom stereocenters. The van der Waals surface area contributed by atoms with Crippen molar-refractivity contribution >= 4 is 40.6 Å². The number of nitrogen functional groups attached to an aromatic ring is 1. The lowest BCUT2D eigenvalue weighted by molar-refractivity contribution is 0.0851. The number of rotatable bonds is 6. The van der Waals surface area contributed by atoms with E-state index in [9.17, 15) is 8.78 Å². The van der Waals surface area contributed by atoms with E-state index in [2.05, 4.69) is 104 Å². The predicted octanol–water partition coefficient (Wildman–Crippen LogP) is 8.37. The lowest BCUT2D eigenvalue weighted by Gasteiger charge is -2.42. The minimum atomic E-state index is -0.642. The van der Waals surface area contributed by atoms with Gasteiger partial charge in [-0.1, -0.05) is 7.43 Å². The Balaban J connectivity index is 0.000000146. The van der Waals surface area contributed by atoms with Gasteiger partial charge in [0.1, 0.15) is 22.9 Å². The molecule has 0 spiro atoms. The van der Waals surface area contributed by atoms with Gasteiger partial charge in [0.25, 0.3) is 0 Å². The molecule has 4 saturated heterocycles. The third-order valence-electron chi connectivity index (χ3n) is 14.7. The lowest BCUT2D eigenvalue weighted by atomic mass is 9.97. The SMILES string of the molecule is C.CC1(C)CCC2CC(Nc3nc(Cl)ncc3F)CCN21.CC1(C)Oc2ccc(N)cc2-n2nnnc21.CC1(C)Oc2ccc(Nc3ncc(F)c(NC4CCN5C(CCC5(C)C)C4)n3)cc2-n2nnnc21. The zero-order valence-electron chi connectivity index (χ0n) is 41.3. The zero-order valence-corrected chi connectivity index (χ0v) is 42.0. The molecule has 72 heavy (non-hydrogen) atoms. The molecule has 6 aliphatic rings. The van der Waals surface area contributed by atoms with Crippen molar-refractivity contribution in [1.82, 2.24) is 70.2 Å². The van der Waals surface area contributed by atoms with Crippen LogP contribution in [0.2, 0.25) is 5.28 Å². The first-order valence-electron chi connectivity index (χ1n) is 24.3. The number of nitrogens with zero attached hydrogens (tertiary/aromatic N) is 14. The highest BCUT2D eigenvalue weighted by molar-refractivity contribution is 6.28. The van der Waals surface area contributed by atoms with Crippen molar-refractivity contribution < 1.29 is 18.3 Å². The lowest BCUT2D eigenvalue weighted by Crippen LogP contribution is -2.50. The first kappa shape index (κ1) is 50.5. The van der Waals surface area contributed by atoms with Crippen LogP contribution in [-0.2, 0) is 11.2 Å². The summed E-state index contributed by atoms with van der Waals surface area (Å²) in [7, 11) is 0. The van der Waals surface area contributed by atoms with Gasteiger partial charge in [0.2, 0.25) is 11.2 Å². The van der Waals surface area contributed by atoms with Gasteiger partial charge in [0.15, 0.2) is 46.1 Å². The molecule has 0 amide bonds. The number of tetrazole rings is 2. The van der Waals surface area contributed by atoms with Crippen molar-refractivity contribution in [2.75, 3.05) is 34.8 Å². The highest BCUT2D eigenvalue weighted by Gasteiger charge is 2.44. The fourth-order valence-electron chi connectivity index (χ4n) is 11.0. The molecule has 4 fully saturated rings. The third-order valence-corrected chi connectivity index (χ3v) is 14.9. The molecule has 0 radical (unpaired) electrons. The van der Waals surface area contributed by atoms with Gasteiger partial charge >= 0.3 is 0 Å². The van der Waals surface area contributed by atoms with E-state index in [4.69, 9.17) is 26.8 Å². The molecule has 2 aromatic carbocycles. The van der Waals surface area contributed by atoms with Crippen LogP contribution in [0.4, 0.5) is 37.7 Å². The highest BCUT2D eigenvalue weighted by atomic mass is 35.5. The summed E-state index contributed by atoms with van der Waals surface area (Å²) in [6, 6.07) is 12.6. The number of nitrogens with two attached hydrogens (primary N) is 1. The quantitative estimate of drug-likeness (QED) is 0.0908. The van der Waals surface area contributed by atoms with E-state index in [0.717, 1.165) is 56.4 Å². The summed E-state index contributed by atoms with van der Waals surface area (Å²) in [6.45, 7) is 19.0. The van der Waals surface area contributed by atoms with Crippen molar-refractivity contribution in [3.05, 3.63) is 77.4 Å². The van der Waals surface area contributed by atoms with Gasteiger partial charge in [-0.25, -0.2) is 18.7 Å². The number of fused-ring (bicyclic) bond motifs is 8. The molecule has 12 rings (SSSR count). The molecule has 6 aliphatic heterocycles. The molecular formula is C49H65ClF2N18O2. The maximum atomic E-state index is 14.6. The summed E-state index contributed by atoms with van der Waals surface area (Å²) in [5.74, 6) is 2.55. The Morgan fingerprint density at radius 1 is 0.667 bits per heavy atom. The van der Waals surface area contributed by atoms with Crippen molar-refractivity contribution in [3.8, 4) is 22.9 Å². The number of halogens is 3. The summed E-state index contributed by atoms with van der Waals surface area (Å²) in [5, 5.41) is 33.4. The maximum absolute atomic E-state index is 14.6. The molecule has 4 unspecified atom stereocenters. The summed E-state index contributed by atoms with van der Waals surface area (Å²) >= 11 is 5.72. The molecule has 4 aromatic heterocycles. The fourth-order valence-corrected chi connectivity index (χ4v) is 11.2. The van der Waals surface area contributed by atoms with Crippen LogP contribution in [0.3, 0.4) is 0 Å². The molecule has 0 saturated carbocycles. The third kappa shape index (κ3) is 10.0. The van der Waals surface area contributed by atoms with Crippen molar-refractivity contribution in [2.24, 2.45) is 0 Å². The second kappa shape index (κ2) is 19.2. The van der Waals surface area contributed by atoms with Gasteiger partial charge in [0, 0.05) is 59.7 Å². The van der Waals surface area contributed by atoms with Crippen LogP contribution >= 0.6 is 11.6 Å². The average molecular weight is 1010 g/mol. The van der Waals surface area contributed by atoms with Gasteiger partial charge in [-0.15, -0.1) is 10.2 Å². The van der Waals surface area contributed by atoms with Gasteiger partial charge in [-0.2, -0.15) is 19.3 Å². The monoisotopic (exact) mass is 1010 g/mol. The van der Waals surface area contributed by atoms with Crippen LogP contribution in [0, 0.1) is 11.6 Å². The Kier molecular flexibility index (Phi) is 13.5. The Labute approximate surface area is 423 Å². The molecule has 0 aliphatic carbocycles. The largest absolute Gasteiger partial charge is 0.478 e.